The molecule has 5 heteroatoms. The smallest absolute Gasteiger partial charge is 0.126 e. The normalized spacial score (nSPS) is 12.4. The molecule has 0 aliphatic rings. The lowest BCUT2D eigenvalue weighted by atomic mass is 10.2. The Morgan fingerprint density at radius 1 is 1.29 bits per heavy atom. The average molecular weight is 248 g/mol. The second-order valence-corrected chi connectivity index (χ2v) is 5.37. The van der Waals surface area contributed by atoms with Crippen LogP contribution in [0.25, 0.3) is 0 Å². The Bertz CT molecular complexity index is 521. The van der Waals surface area contributed by atoms with Gasteiger partial charge in [-0.05, 0) is 32.4 Å². The lowest BCUT2D eigenvalue weighted by Gasteiger charge is -2.12. The van der Waals surface area contributed by atoms with Crippen LogP contribution in [0.4, 0.5) is 11.5 Å². The third-order valence-electron chi connectivity index (χ3n) is 2.53. The van der Waals surface area contributed by atoms with E-state index < -0.39 is 0 Å². The topological polar surface area (TPSA) is 63.8 Å². The summed E-state index contributed by atoms with van der Waals surface area (Å²) < 4.78 is 0. The number of pyridine rings is 1. The van der Waals surface area contributed by atoms with Crippen LogP contribution in [0.1, 0.15) is 28.4 Å². The van der Waals surface area contributed by atoms with E-state index in [1.165, 1.54) is 4.88 Å². The minimum Gasteiger partial charge on any atom is -0.397 e. The molecule has 17 heavy (non-hydrogen) atoms. The molecule has 0 amide bonds. The molecular formula is C12H16N4S. The number of nitrogens with one attached hydrogen (secondary N) is 1. The molecule has 3 N–H and O–H groups in total. The highest BCUT2D eigenvalue weighted by Gasteiger charge is 2.10. The van der Waals surface area contributed by atoms with Crippen LogP contribution in [0, 0.1) is 13.8 Å². The molecule has 1 atom stereocenters. The number of rotatable bonds is 3. The summed E-state index contributed by atoms with van der Waals surface area (Å²) >= 11 is 1.70. The van der Waals surface area contributed by atoms with Gasteiger partial charge in [0.05, 0.1) is 17.9 Å². The maximum atomic E-state index is 5.73. The Balaban J connectivity index is 2.12. The molecule has 4 nitrogen and oxygen atoms in total. The van der Waals surface area contributed by atoms with Gasteiger partial charge in [0, 0.05) is 11.1 Å². The summed E-state index contributed by atoms with van der Waals surface area (Å²) in [6, 6.07) is 2.11. The Morgan fingerprint density at radius 2 is 2.06 bits per heavy atom. The molecule has 0 radical (unpaired) electrons. The zero-order chi connectivity index (χ0) is 12.4. The Labute approximate surface area is 105 Å². The Morgan fingerprint density at radius 3 is 2.65 bits per heavy atom. The summed E-state index contributed by atoms with van der Waals surface area (Å²) in [6.45, 7) is 6.10. The number of thiazole rings is 1. The average Bonchev–Trinajstić information content (AvgIpc) is 2.70. The van der Waals surface area contributed by atoms with E-state index in [0.717, 1.165) is 16.4 Å². The van der Waals surface area contributed by atoms with Crippen LogP contribution in [0.5, 0.6) is 0 Å². The van der Waals surface area contributed by atoms with Crippen LogP contribution in [0.2, 0.25) is 0 Å². The summed E-state index contributed by atoms with van der Waals surface area (Å²) in [5, 5.41) is 4.39. The van der Waals surface area contributed by atoms with Crippen LogP contribution >= 0.6 is 11.3 Å². The molecule has 2 rings (SSSR count). The molecule has 0 aromatic carbocycles. The van der Waals surface area contributed by atoms with Crippen LogP contribution in [0.3, 0.4) is 0 Å². The van der Waals surface area contributed by atoms with Crippen LogP contribution < -0.4 is 11.1 Å². The largest absolute Gasteiger partial charge is 0.397 e. The van der Waals surface area contributed by atoms with E-state index in [1.807, 2.05) is 19.2 Å². The number of hydrogen-bond donors (Lipinski definition) is 2. The summed E-state index contributed by atoms with van der Waals surface area (Å²) in [5.41, 5.74) is 7.48. The first-order valence-electron chi connectivity index (χ1n) is 5.47. The fourth-order valence-corrected chi connectivity index (χ4v) is 2.28. The first-order chi connectivity index (χ1) is 8.06. The second-order valence-electron chi connectivity index (χ2n) is 4.10. The third kappa shape index (κ3) is 2.74. The van der Waals surface area contributed by atoms with E-state index in [9.17, 15) is 0 Å². The van der Waals surface area contributed by atoms with Crippen molar-refractivity contribution in [2.75, 3.05) is 11.1 Å². The lowest BCUT2D eigenvalue weighted by molar-refractivity contribution is 0.860. The summed E-state index contributed by atoms with van der Waals surface area (Å²) in [5.74, 6) is 0.831. The molecule has 0 bridgehead atoms. The standard InChI is InChI=1S/C12H16N4S/c1-7-4-11(14-6-10(7)13)16-9(3)12-15-5-8(2)17-12/h4-6,9H,13H2,1-3H3,(H,14,16). The van der Waals surface area contributed by atoms with Gasteiger partial charge in [-0.25, -0.2) is 9.97 Å². The van der Waals surface area contributed by atoms with Crippen molar-refractivity contribution < 1.29 is 0 Å². The maximum absolute atomic E-state index is 5.73. The molecule has 90 valence electrons. The summed E-state index contributed by atoms with van der Waals surface area (Å²) in [4.78, 5) is 9.83. The van der Waals surface area contributed by atoms with Crippen molar-refractivity contribution in [3.63, 3.8) is 0 Å². The van der Waals surface area contributed by atoms with Crippen molar-refractivity contribution in [3.8, 4) is 0 Å². The van der Waals surface area contributed by atoms with E-state index in [1.54, 1.807) is 17.5 Å². The maximum Gasteiger partial charge on any atom is 0.126 e. The fourth-order valence-electron chi connectivity index (χ4n) is 1.50. The molecule has 0 saturated heterocycles. The molecule has 0 aliphatic carbocycles. The number of aromatic nitrogens is 2. The van der Waals surface area contributed by atoms with Crippen molar-refractivity contribution in [2.24, 2.45) is 0 Å². The van der Waals surface area contributed by atoms with Gasteiger partial charge in [-0.15, -0.1) is 11.3 Å². The van der Waals surface area contributed by atoms with Crippen molar-refractivity contribution in [3.05, 3.63) is 33.9 Å². The molecule has 1 unspecified atom stereocenters. The highest BCUT2D eigenvalue weighted by atomic mass is 32.1. The molecule has 0 spiro atoms. The number of aryl methyl sites for hydroxylation is 2. The summed E-state index contributed by atoms with van der Waals surface area (Å²) in [7, 11) is 0. The molecule has 2 aromatic heterocycles. The van der Waals surface area contributed by atoms with Crippen molar-refractivity contribution in [1.29, 1.82) is 0 Å². The van der Waals surface area contributed by atoms with Gasteiger partial charge in [-0.1, -0.05) is 0 Å². The van der Waals surface area contributed by atoms with Crippen LogP contribution in [-0.4, -0.2) is 9.97 Å². The van der Waals surface area contributed by atoms with Gasteiger partial charge in [-0.2, -0.15) is 0 Å². The van der Waals surface area contributed by atoms with Crippen molar-refractivity contribution in [2.45, 2.75) is 26.8 Å². The quantitative estimate of drug-likeness (QED) is 0.876. The third-order valence-corrected chi connectivity index (χ3v) is 3.62. The van der Waals surface area contributed by atoms with Gasteiger partial charge in [0.25, 0.3) is 0 Å². The molecule has 0 fully saturated rings. The molecule has 0 saturated carbocycles. The predicted octanol–water partition coefficient (Wildman–Crippen LogP) is 2.91. The highest BCUT2D eigenvalue weighted by Crippen LogP contribution is 2.23. The van der Waals surface area contributed by atoms with Crippen LogP contribution in [0.15, 0.2) is 18.5 Å². The second kappa shape index (κ2) is 4.71. The Kier molecular flexibility index (Phi) is 3.28. The number of hydrogen-bond acceptors (Lipinski definition) is 5. The van der Waals surface area contributed by atoms with Gasteiger partial charge >= 0.3 is 0 Å². The SMILES string of the molecule is Cc1cnc(C(C)Nc2cc(C)c(N)cn2)s1. The molecule has 2 aromatic rings. The zero-order valence-corrected chi connectivity index (χ0v) is 11.0. The number of anilines is 2. The van der Waals surface area contributed by atoms with Crippen molar-refractivity contribution in [1.82, 2.24) is 9.97 Å². The van der Waals surface area contributed by atoms with Gasteiger partial charge in [0.15, 0.2) is 0 Å². The van der Waals surface area contributed by atoms with E-state index in [0.29, 0.717) is 5.69 Å². The Hall–Kier alpha value is -1.62. The van der Waals surface area contributed by atoms with Gasteiger partial charge in [0.2, 0.25) is 0 Å². The number of nitrogen functional groups attached to an aromatic ring is 1. The van der Waals surface area contributed by atoms with Gasteiger partial charge < -0.3 is 11.1 Å². The van der Waals surface area contributed by atoms with E-state index in [-0.39, 0.29) is 6.04 Å². The summed E-state index contributed by atoms with van der Waals surface area (Å²) in [6.07, 6.45) is 3.57. The van der Waals surface area contributed by atoms with Crippen LogP contribution in [-0.2, 0) is 0 Å². The highest BCUT2D eigenvalue weighted by molar-refractivity contribution is 7.11. The fraction of sp³-hybridized carbons (Fsp3) is 0.333. The zero-order valence-electron chi connectivity index (χ0n) is 10.2. The first-order valence-corrected chi connectivity index (χ1v) is 6.29. The van der Waals surface area contributed by atoms with Gasteiger partial charge in [0.1, 0.15) is 10.8 Å². The molecule has 2 heterocycles. The number of nitrogens with two attached hydrogens (primary N) is 1. The minimum atomic E-state index is 0.157. The van der Waals surface area contributed by atoms with Gasteiger partial charge in [-0.3, -0.25) is 0 Å². The number of nitrogens with zero attached hydrogens (tertiary/aromatic N) is 2. The van der Waals surface area contributed by atoms with E-state index in [4.69, 9.17) is 5.73 Å². The lowest BCUT2D eigenvalue weighted by Crippen LogP contribution is -2.08. The molecule has 0 aliphatic heterocycles. The predicted molar refractivity (Wildman–Crippen MR) is 72.3 cm³/mol. The minimum absolute atomic E-state index is 0.157. The van der Waals surface area contributed by atoms with E-state index in [2.05, 4.69) is 29.1 Å². The first kappa shape index (κ1) is 11.9. The molecular weight excluding hydrogens is 232 g/mol. The van der Waals surface area contributed by atoms with Crippen molar-refractivity contribution >= 4 is 22.8 Å². The monoisotopic (exact) mass is 248 g/mol. The van der Waals surface area contributed by atoms with E-state index >= 15 is 0 Å².